The lowest BCUT2D eigenvalue weighted by Gasteiger charge is -2.34. The van der Waals surface area contributed by atoms with Crippen LogP contribution in [0.25, 0.3) is 10.2 Å². The van der Waals surface area contributed by atoms with Crippen molar-refractivity contribution in [2.45, 2.75) is 38.6 Å². The molecule has 1 aromatic carbocycles. The van der Waals surface area contributed by atoms with E-state index in [0.717, 1.165) is 48.4 Å². The van der Waals surface area contributed by atoms with Gasteiger partial charge in [0.15, 0.2) is 0 Å². The molecule has 1 atom stereocenters. The van der Waals surface area contributed by atoms with Crippen LogP contribution in [0.1, 0.15) is 52.6 Å². The molecule has 3 heterocycles. The molecule has 0 spiro atoms. The summed E-state index contributed by atoms with van der Waals surface area (Å²) in [5.74, 6) is 0.0609. The highest BCUT2D eigenvalue weighted by atomic mass is 32.1. The SMILES string of the molecule is CCc1nnsc1C(=O)N1CCCC[C@@H]1c1nc2ccccc2s1. The van der Waals surface area contributed by atoms with Gasteiger partial charge < -0.3 is 4.90 Å². The van der Waals surface area contributed by atoms with Crippen LogP contribution < -0.4 is 0 Å². The number of thiazole rings is 1. The molecular formula is C17H18N4OS2. The lowest BCUT2D eigenvalue weighted by molar-refractivity contribution is 0.0615. The molecule has 1 fully saturated rings. The summed E-state index contributed by atoms with van der Waals surface area (Å²) in [6, 6.07) is 8.23. The lowest BCUT2D eigenvalue weighted by atomic mass is 10.0. The average molecular weight is 358 g/mol. The Labute approximate surface area is 148 Å². The fourth-order valence-corrected chi connectivity index (χ4v) is 5.02. The molecule has 124 valence electrons. The van der Waals surface area contributed by atoms with E-state index in [9.17, 15) is 4.79 Å². The molecule has 4 rings (SSSR count). The van der Waals surface area contributed by atoms with Gasteiger partial charge in [0.1, 0.15) is 9.88 Å². The predicted octanol–water partition coefficient (Wildman–Crippen LogP) is 4.08. The zero-order valence-electron chi connectivity index (χ0n) is 13.4. The highest BCUT2D eigenvalue weighted by Gasteiger charge is 2.32. The van der Waals surface area contributed by atoms with E-state index in [2.05, 4.69) is 15.7 Å². The number of aromatic nitrogens is 3. The molecule has 0 N–H and O–H groups in total. The van der Waals surface area contributed by atoms with Crippen LogP contribution in [0.5, 0.6) is 0 Å². The van der Waals surface area contributed by atoms with E-state index in [1.807, 2.05) is 30.0 Å². The summed E-state index contributed by atoms with van der Waals surface area (Å²) in [6.45, 7) is 2.79. The molecule has 2 aromatic heterocycles. The van der Waals surface area contributed by atoms with Gasteiger partial charge in [-0.2, -0.15) is 0 Å². The van der Waals surface area contributed by atoms with Crippen LogP contribution >= 0.6 is 22.9 Å². The van der Waals surface area contributed by atoms with Crippen molar-refractivity contribution in [3.8, 4) is 0 Å². The molecule has 5 nitrogen and oxygen atoms in total. The third kappa shape index (κ3) is 2.71. The largest absolute Gasteiger partial charge is 0.328 e. The highest BCUT2D eigenvalue weighted by Crippen LogP contribution is 2.36. The number of para-hydroxylation sites is 1. The van der Waals surface area contributed by atoms with Crippen molar-refractivity contribution < 1.29 is 4.79 Å². The topological polar surface area (TPSA) is 59.0 Å². The van der Waals surface area contributed by atoms with Crippen molar-refractivity contribution in [3.63, 3.8) is 0 Å². The van der Waals surface area contributed by atoms with Gasteiger partial charge in [-0.1, -0.05) is 23.5 Å². The summed E-state index contributed by atoms with van der Waals surface area (Å²) in [5, 5.41) is 5.13. The Kier molecular flexibility index (Phi) is 4.28. The maximum absolute atomic E-state index is 13.1. The number of hydrogen-bond acceptors (Lipinski definition) is 6. The molecule has 1 amide bonds. The van der Waals surface area contributed by atoms with E-state index >= 15 is 0 Å². The standard InChI is InChI=1S/C17H18N4OS2/c1-2-11-15(24-20-19-11)17(22)21-10-6-5-8-13(21)16-18-12-7-3-4-9-14(12)23-16/h3-4,7,9,13H,2,5-6,8,10H2,1H3/t13-/m1/s1. The van der Waals surface area contributed by atoms with Gasteiger partial charge in [-0.25, -0.2) is 4.98 Å². The van der Waals surface area contributed by atoms with Crippen LogP contribution in [0.3, 0.4) is 0 Å². The Hall–Kier alpha value is -1.86. The van der Waals surface area contributed by atoms with Gasteiger partial charge in [0, 0.05) is 6.54 Å². The molecule has 0 bridgehead atoms. The van der Waals surface area contributed by atoms with Crippen molar-refractivity contribution in [1.82, 2.24) is 19.5 Å². The number of carbonyl (C=O) groups is 1. The molecule has 0 unspecified atom stereocenters. The lowest BCUT2D eigenvalue weighted by Crippen LogP contribution is -2.38. The molecule has 7 heteroatoms. The van der Waals surface area contributed by atoms with E-state index in [-0.39, 0.29) is 11.9 Å². The molecule has 3 aromatic rings. The molecule has 1 aliphatic rings. The highest BCUT2D eigenvalue weighted by molar-refractivity contribution is 7.18. The molecule has 1 saturated heterocycles. The Morgan fingerprint density at radius 1 is 1.33 bits per heavy atom. The summed E-state index contributed by atoms with van der Waals surface area (Å²) in [7, 11) is 0. The molecular weight excluding hydrogens is 340 g/mol. The van der Waals surface area contributed by atoms with Crippen LogP contribution in [0.2, 0.25) is 0 Å². The van der Waals surface area contributed by atoms with Gasteiger partial charge >= 0.3 is 0 Å². The first-order chi connectivity index (χ1) is 11.8. The van der Waals surface area contributed by atoms with Crippen LogP contribution in [-0.2, 0) is 6.42 Å². The van der Waals surface area contributed by atoms with Crippen LogP contribution in [-0.4, -0.2) is 31.9 Å². The van der Waals surface area contributed by atoms with E-state index in [1.54, 1.807) is 11.3 Å². The zero-order chi connectivity index (χ0) is 16.5. The van der Waals surface area contributed by atoms with Gasteiger partial charge in [-0.05, 0) is 49.3 Å². The number of rotatable bonds is 3. The number of fused-ring (bicyclic) bond motifs is 1. The summed E-state index contributed by atoms with van der Waals surface area (Å²) in [4.78, 5) is 20.5. The van der Waals surface area contributed by atoms with Crippen LogP contribution in [0, 0.1) is 0 Å². The van der Waals surface area contributed by atoms with Crippen LogP contribution in [0.4, 0.5) is 0 Å². The molecule has 1 aliphatic heterocycles. The van der Waals surface area contributed by atoms with Crippen molar-refractivity contribution in [3.05, 3.63) is 39.8 Å². The van der Waals surface area contributed by atoms with E-state index in [0.29, 0.717) is 4.88 Å². The van der Waals surface area contributed by atoms with Gasteiger partial charge in [-0.3, -0.25) is 4.79 Å². The normalized spacial score (nSPS) is 18.2. The summed E-state index contributed by atoms with van der Waals surface area (Å²) >= 11 is 2.91. The Bertz CT molecular complexity index is 839. The maximum Gasteiger partial charge on any atom is 0.268 e. The second kappa shape index (κ2) is 6.57. The molecule has 0 radical (unpaired) electrons. The molecule has 24 heavy (non-hydrogen) atoms. The number of carbonyl (C=O) groups excluding carboxylic acids is 1. The minimum Gasteiger partial charge on any atom is -0.328 e. The zero-order valence-corrected chi connectivity index (χ0v) is 15.1. The Morgan fingerprint density at radius 3 is 3.04 bits per heavy atom. The average Bonchev–Trinajstić information content (AvgIpc) is 3.27. The molecule has 0 saturated carbocycles. The third-order valence-electron chi connectivity index (χ3n) is 4.44. The minimum absolute atomic E-state index is 0.0609. The monoisotopic (exact) mass is 358 g/mol. The van der Waals surface area contributed by atoms with E-state index in [4.69, 9.17) is 4.98 Å². The first-order valence-corrected chi connectivity index (χ1v) is 9.84. The first kappa shape index (κ1) is 15.7. The van der Waals surface area contributed by atoms with E-state index < -0.39 is 0 Å². The quantitative estimate of drug-likeness (QED) is 0.708. The smallest absolute Gasteiger partial charge is 0.268 e. The van der Waals surface area contributed by atoms with Crippen molar-refractivity contribution in [2.75, 3.05) is 6.54 Å². The fraction of sp³-hybridized carbons (Fsp3) is 0.412. The minimum atomic E-state index is 0.0609. The Balaban J connectivity index is 1.69. The Morgan fingerprint density at radius 2 is 2.21 bits per heavy atom. The van der Waals surface area contributed by atoms with Crippen LogP contribution in [0.15, 0.2) is 24.3 Å². The maximum atomic E-state index is 13.1. The van der Waals surface area contributed by atoms with Gasteiger partial charge in [0.05, 0.1) is 22.0 Å². The van der Waals surface area contributed by atoms with Gasteiger partial charge in [-0.15, -0.1) is 16.4 Å². The molecule has 0 aliphatic carbocycles. The second-order valence-electron chi connectivity index (χ2n) is 5.93. The van der Waals surface area contributed by atoms with Crippen molar-refractivity contribution in [1.29, 1.82) is 0 Å². The number of nitrogens with zero attached hydrogens (tertiary/aromatic N) is 4. The number of benzene rings is 1. The van der Waals surface area contributed by atoms with Gasteiger partial charge in [0.25, 0.3) is 5.91 Å². The second-order valence-corrected chi connectivity index (χ2v) is 7.75. The third-order valence-corrected chi connectivity index (χ3v) is 6.34. The van der Waals surface area contributed by atoms with Crippen molar-refractivity contribution >= 4 is 39.0 Å². The van der Waals surface area contributed by atoms with E-state index in [1.165, 1.54) is 16.2 Å². The number of likely N-dealkylation sites (tertiary alicyclic amines) is 1. The van der Waals surface area contributed by atoms with Gasteiger partial charge in [0.2, 0.25) is 0 Å². The number of hydrogen-bond donors (Lipinski definition) is 0. The summed E-state index contributed by atoms with van der Waals surface area (Å²) in [5.41, 5.74) is 1.82. The number of amides is 1. The first-order valence-electron chi connectivity index (χ1n) is 8.25. The summed E-state index contributed by atoms with van der Waals surface area (Å²) < 4.78 is 5.15. The summed E-state index contributed by atoms with van der Waals surface area (Å²) in [6.07, 6.45) is 3.88. The number of piperidine rings is 1. The predicted molar refractivity (Wildman–Crippen MR) is 96.5 cm³/mol. The number of aryl methyl sites for hydroxylation is 1. The van der Waals surface area contributed by atoms with Crippen molar-refractivity contribution in [2.24, 2.45) is 0 Å². The fourth-order valence-electron chi connectivity index (χ4n) is 3.20.